The molecule has 4 N–H and O–H groups in total. The molecule has 0 saturated heterocycles. The van der Waals surface area contributed by atoms with Crippen LogP contribution in [0.3, 0.4) is 0 Å². The number of nitrogens with two attached hydrogens (primary N) is 1. The Bertz CT molecular complexity index is 331. The third kappa shape index (κ3) is 2.94. The van der Waals surface area contributed by atoms with Gasteiger partial charge in [0.05, 0.1) is 0 Å². The van der Waals surface area contributed by atoms with Crippen molar-refractivity contribution in [2.24, 2.45) is 16.3 Å². The molecule has 1 rings (SSSR count). The summed E-state index contributed by atoms with van der Waals surface area (Å²) in [6, 6.07) is 0. The molecule has 0 aromatic carbocycles. The summed E-state index contributed by atoms with van der Waals surface area (Å²) in [5.74, 6) is -0.0593. The van der Waals surface area contributed by atoms with Gasteiger partial charge in [-0.1, -0.05) is 31.3 Å². The molecule has 0 radical (unpaired) electrons. The highest BCUT2D eigenvalue weighted by Crippen LogP contribution is 2.37. The number of carbonyl (C=O) groups excluding carboxylic acids is 1. The van der Waals surface area contributed by atoms with Crippen LogP contribution in [0.5, 0.6) is 0 Å². The van der Waals surface area contributed by atoms with E-state index in [1.54, 1.807) is 0 Å². The summed E-state index contributed by atoms with van der Waals surface area (Å²) in [6.45, 7) is 5.98. The lowest BCUT2D eigenvalue weighted by Crippen LogP contribution is -2.55. The molecule has 1 aliphatic carbocycles. The molecule has 5 heteroatoms. The first-order valence-electron chi connectivity index (χ1n) is 6.68. The van der Waals surface area contributed by atoms with E-state index < -0.39 is 5.41 Å². The van der Waals surface area contributed by atoms with Crippen molar-refractivity contribution < 1.29 is 10.0 Å². The molecule has 1 aliphatic rings. The Morgan fingerprint density at radius 1 is 1.39 bits per heavy atom. The molecule has 104 valence electrons. The Morgan fingerprint density at radius 3 is 2.39 bits per heavy atom. The van der Waals surface area contributed by atoms with Gasteiger partial charge in [-0.2, -0.15) is 0 Å². The van der Waals surface area contributed by atoms with Crippen LogP contribution in [-0.2, 0) is 4.79 Å². The molecule has 0 aliphatic heterocycles. The van der Waals surface area contributed by atoms with Gasteiger partial charge in [0.2, 0.25) is 5.91 Å². The zero-order valence-corrected chi connectivity index (χ0v) is 11.6. The minimum atomic E-state index is -0.820. The van der Waals surface area contributed by atoms with Crippen LogP contribution in [0.1, 0.15) is 59.3 Å². The van der Waals surface area contributed by atoms with Crippen LogP contribution >= 0.6 is 0 Å². The van der Waals surface area contributed by atoms with E-state index in [1.807, 2.05) is 20.8 Å². The molecule has 0 unspecified atom stereocenters. The number of nitrogens with one attached hydrogen (secondary N) is 1. The van der Waals surface area contributed by atoms with E-state index in [4.69, 9.17) is 10.9 Å². The predicted molar refractivity (Wildman–Crippen MR) is 71.4 cm³/mol. The van der Waals surface area contributed by atoms with Crippen molar-refractivity contribution in [1.82, 2.24) is 5.32 Å². The zero-order chi connectivity index (χ0) is 13.8. The summed E-state index contributed by atoms with van der Waals surface area (Å²) in [6.07, 6.45) is 5.14. The first-order valence-corrected chi connectivity index (χ1v) is 6.68. The van der Waals surface area contributed by atoms with Gasteiger partial charge in [-0.3, -0.25) is 4.79 Å². The van der Waals surface area contributed by atoms with E-state index in [0.717, 1.165) is 25.7 Å². The number of hydrogen-bond acceptors (Lipinski definition) is 3. The van der Waals surface area contributed by atoms with Crippen molar-refractivity contribution in [3.8, 4) is 0 Å². The fraction of sp³-hybridized carbons (Fsp3) is 0.846. The third-order valence-electron chi connectivity index (χ3n) is 4.08. The zero-order valence-electron chi connectivity index (χ0n) is 11.6. The van der Waals surface area contributed by atoms with Gasteiger partial charge in [0, 0.05) is 5.54 Å². The van der Waals surface area contributed by atoms with Crippen molar-refractivity contribution in [3.05, 3.63) is 0 Å². The summed E-state index contributed by atoms with van der Waals surface area (Å²) >= 11 is 0. The first kappa shape index (κ1) is 14.8. The second-order valence-corrected chi connectivity index (χ2v) is 5.82. The highest BCUT2D eigenvalue weighted by molar-refractivity contribution is 6.07. The van der Waals surface area contributed by atoms with Crippen molar-refractivity contribution in [3.63, 3.8) is 0 Å². The Hall–Kier alpha value is -1.26. The van der Waals surface area contributed by atoms with Gasteiger partial charge >= 0.3 is 0 Å². The number of carbonyl (C=O) groups is 1. The maximum Gasteiger partial charge on any atom is 0.234 e. The van der Waals surface area contributed by atoms with E-state index in [1.165, 1.54) is 0 Å². The van der Waals surface area contributed by atoms with Crippen molar-refractivity contribution in [1.29, 1.82) is 0 Å². The highest BCUT2D eigenvalue weighted by Gasteiger charge is 2.45. The van der Waals surface area contributed by atoms with E-state index in [0.29, 0.717) is 12.8 Å². The number of amidine groups is 1. The number of hydrogen-bond donors (Lipinski definition) is 3. The highest BCUT2D eigenvalue weighted by atomic mass is 16.4. The molecular weight excluding hydrogens is 230 g/mol. The number of amides is 1. The van der Waals surface area contributed by atoms with Gasteiger partial charge in [0.1, 0.15) is 5.41 Å². The van der Waals surface area contributed by atoms with Crippen LogP contribution in [0, 0.1) is 5.41 Å². The fourth-order valence-corrected chi connectivity index (χ4v) is 2.37. The molecule has 0 spiro atoms. The molecule has 18 heavy (non-hydrogen) atoms. The summed E-state index contributed by atoms with van der Waals surface area (Å²) in [5, 5.41) is 15.1. The van der Waals surface area contributed by atoms with Crippen molar-refractivity contribution >= 4 is 11.7 Å². The minimum Gasteiger partial charge on any atom is -0.409 e. The molecule has 1 saturated carbocycles. The molecule has 5 nitrogen and oxygen atoms in total. The molecule has 0 bridgehead atoms. The lowest BCUT2D eigenvalue weighted by molar-refractivity contribution is -0.130. The summed E-state index contributed by atoms with van der Waals surface area (Å²) in [7, 11) is 0. The van der Waals surface area contributed by atoms with Gasteiger partial charge in [0.25, 0.3) is 0 Å². The fourth-order valence-electron chi connectivity index (χ4n) is 2.37. The maximum absolute atomic E-state index is 12.5. The van der Waals surface area contributed by atoms with Gasteiger partial charge in [0.15, 0.2) is 5.84 Å². The number of oxime groups is 1. The quantitative estimate of drug-likeness (QED) is 0.311. The van der Waals surface area contributed by atoms with Gasteiger partial charge in [-0.05, 0) is 33.1 Å². The second kappa shape index (κ2) is 5.59. The van der Waals surface area contributed by atoms with Crippen LogP contribution in [0.4, 0.5) is 0 Å². The monoisotopic (exact) mass is 255 g/mol. The first-order chi connectivity index (χ1) is 8.38. The van der Waals surface area contributed by atoms with Crippen molar-refractivity contribution in [2.75, 3.05) is 0 Å². The van der Waals surface area contributed by atoms with Crippen LogP contribution in [0.25, 0.3) is 0 Å². The van der Waals surface area contributed by atoms with Crippen LogP contribution in [0.2, 0.25) is 0 Å². The van der Waals surface area contributed by atoms with E-state index in [-0.39, 0.29) is 17.3 Å². The van der Waals surface area contributed by atoms with Gasteiger partial charge < -0.3 is 16.3 Å². The van der Waals surface area contributed by atoms with E-state index >= 15 is 0 Å². The summed E-state index contributed by atoms with van der Waals surface area (Å²) in [4.78, 5) is 12.5. The van der Waals surface area contributed by atoms with Crippen molar-refractivity contribution in [2.45, 2.75) is 64.8 Å². The summed E-state index contributed by atoms with van der Waals surface area (Å²) < 4.78 is 0. The molecule has 0 aromatic rings. The van der Waals surface area contributed by atoms with Crippen LogP contribution < -0.4 is 11.1 Å². The largest absolute Gasteiger partial charge is 0.409 e. The SMILES string of the molecule is CCC(C)(C)NC(=O)C1(C(N)=NO)CCCCC1. The topological polar surface area (TPSA) is 87.7 Å². The average molecular weight is 255 g/mol. The second-order valence-electron chi connectivity index (χ2n) is 5.82. The van der Waals surface area contributed by atoms with Crippen LogP contribution in [-0.4, -0.2) is 22.5 Å². The van der Waals surface area contributed by atoms with Gasteiger partial charge in [-0.25, -0.2) is 0 Å². The normalized spacial score (nSPS) is 20.5. The number of rotatable bonds is 4. The molecule has 0 heterocycles. The Labute approximate surface area is 109 Å². The smallest absolute Gasteiger partial charge is 0.234 e. The van der Waals surface area contributed by atoms with Gasteiger partial charge in [-0.15, -0.1) is 0 Å². The summed E-state index contributed by atoms with van der Waals surface area (Å²) in [5.41, 5.74) is 4.70. The predicted octanol–water partition coefficient (Wildman–Crippen LogP) is 1.99. The molecule has 1 amide bonds. The molecule has 0 atom stereocenters. The maximum atomic E-state index is 12.5. The number of nitrogens with zero attached hydrogens (tertiary/aromatic N) is 1. The Kier molecular flexibility index (Phi) is 4.59. The average Bonchev–Trinajstić information content (AvgIpc) is 2.38. The minimum absolute atomic E-state index is 0.0478. The third-order valence-corrected chi connectivity index (χ3v) is 4.08. The lowest BCUT2D eigenvalue weighted by atomic mass is 9.72. The molecule has 0 aromatic heterocycles. The lowest BCUT2D eigenvalue weighted by Gasteiger charge is -2.37. The van der Waals surface area contributed by atoms with E-state index in [9.17, 15) is 4.79 Å². The Morgan fingerprint density at radius 2 is 1.94 bits per heavy atom. The Balaban J connectivity index is 2.94. The van der Waals surface area contributed by atoms with E-state index in [2.05, 4.69) is 10.5 Å². The van der Waals surface area contributed by atoms with Crippen LogP contribution in [0.15, 0.2) is 5.16 Å². The molecule has 1 fully saturated rings. The standard InChI is InChI=1S/C13H25N3O2/c1-4-12(2,3)15-11(17)13(10(14)16-18)8-6-5-7-9-13/h18H,4-9H2,1-3H3,(H2,14,16)(H,15,17). The molecular formula is C13H25N3O2.